The number of carbonyl (C=O) groups excluding carboxylic acids is 3. The predicted octanol–water partition coefficient (Wildman–Crippen LogP) is 7.93. The summed E-state index contributed by atoms with van der Waals surface area (Å²) in [7, 11) is 0. The van der Waals surface area contributed by atoms with E-state index in [1.54, 1.807) is 6.92 Å². The van der Waals surface area contributed by atoms with Gasteiger partial charge in [0.1, 0.15) is 19.8 Å². The van der Waals surface area contributed by atoms with Gasteiger partial charge in [0.05, 0.1) is 26.4 Å². The first-order chi connectivity index (χ1) is 26.4. The lowest BCUT2D eigenvalue weighted by atomic mass is 10.0. The summed E-state index contributed by atoms with van der Waals surface area (Å²) in [5.41, 5.74) is 2.20. The first kappa shape index (κ1) is 48.2. The van der Waals surface area contributed by atoms with Crippen LogP contribution >= 0.6 is 0 Å². The van der Waals surface area contributed by atoms with Gasteiger partial charge in [0, 0.05) is 26.0 Å². The molecular formula is C43H68N2O9. The van der Waals surface area contributed by atoms with E-state index in [0.717, 1.165) is 31.6 Å². The molecule has 0 radical (unpaired) electrons. The van der Waals surface area contributed by atoms with Gasteiger partial charge >= 0.3 is 11.9 Å². The molecule has 54 heavy (non-hydrogen) atoms. The van der Waals surface area contributed by atoms with E-state index in [-0.39, 0.29) is 38.2 Å². The molecule has 0 aliphatic carbocycles. The van der Waals surface area contributed by atoms with Crippen LogP contribution in [0.3, 0.4) is 0 Å². The number of hydrogen-bond acceptors (Lipinski definition) is 8. The number of benzene rings is 2. The standard InChI is InChI=1S/C34H51NO4.C9H17NO5/c36-33(35-28-34(37)39-30-32-24-18-15-19-25-32)26-20-12-10-8-6-4-2-1-3-5-7-9-11-13-21-27-38-29-31-22-16-14-17-23-31;1-2-8(11)10-3-4-14-5-6-15-7-9(12)13/h14-19,22-25H,1-13,20-21,26-30H2,(H,35,36);2-7H2,1H3,(H,10,11)(H,12,13). The highest BCUT2D eigenvalue weighted by Crippen LogP contribution is 2.14. The third-order valence-electron chi connectivity index (χ3n) is 8.46. The summed E-state index contributed by atoms with van der Waals surface area (Å²) >= 11 is 0. The van der Waals surface area contributed by atoms with E-state index < -0.39 is 11.9 Å². The number of carboxylic acids is 1. The molecule has 2 rings (SSSR count). The van der Waals surface area contributed by atoms with Crippen LogP contribution in [0.4, 0.5) is 0 Å². The minimum Gasteiger partial charge on any atom is -0.480 e. The fourth-order valence-electron chi connectivity index (χ4n) is 5.37. The van der Waals surface area contributed by atoms with Crippen LogP contribution in [0.1, 0.15) is 127 Å². The number of carbonyl (C=O) groups is 4. The molecule has 0 spiro atoms. The second kappa shape index (κ2) is 36.2. The average Bonchev–Trinajstić information content (AvgIpc) is 3.19. The van der Waals surface area contributed by atoms with Gasteiger partial charge in [0.15, 0.2) is 0 Å². The monoisotopic (exact) mass is 756 g/mol. The van der Waals surface area contributed by atoms with Crippen molar-refractivity contribution in [3.8, 4) is 0 Å². The number of carboxylic acid groups (broad SMARTS) is 1. The summed E-state index contributed by atoms with van der Waals surface area (Å²) in [4.78, 5) is 44.5. The lowest BCUT2D eigenvalue weighted by molar-refractivity contribution is -0.145. The normalized spacial score (nSPS) is 10.6. The Morgan fingerprint density at radius 2 is 1.04 bits per heavy atom. The second-order valence-corrected chi connectivity index (χ2v) is 13.3. The summed E-state index contributed by atoms with van der Waals surface area (Å²) in [6, 6.07) is 19.9. The number of aliphatic carboxylic acids is 1. The molecule has 2 amide bonds. The fraction of sp³-hybridized carbons (Fsp3) is 0.628. The SMILES string of the molecule is CCC(=O)NCCOCCOCC(=O)O.O=C(CCCCCCCCCCCCCCCCCOCc1ccccc1)NCC(=O)OCc1ccccc1. The van der Waals surface area contributed by atoms with Crippen LogP contribution in [-0.2, 0) is 51.3 Å². The summed E-state index contributed by atoms with van der Waals surface area (Å²) in [6.07, 6.45) is 19.9. The molecule has 2 aromatic carbocycles. The van der Waals surface area contributed by atoms with Crippen molar-refractivity contribution in [2.75, 3.05) is 46.1 Å². The van der Waals surface area contributed by atoms with Gasteiger partial charge in [-0.1, -0.05) is 151 Å². The minimum atomic E-state index is -0.995. The van der Waals surface area contributed by atoms with Crippen LogP contribution < -0.4 is 10.6 Å². The van der Waals surface area contributed by atoms with E-state index in [2.05, 4.69) is 34.9 Å². The Hall–Kier alpha value is -3.80. The first-order valence-corrected chi connectivity index (χ1v) is 20.1. The van der Waals surface area contributed by atoms with Gasteiger partial charge in [0.2, 0.25) is 11.8 Å². The Kier molecular flexibility index (Phi) is 32.3. The molecule has 0 saturated heterocycles. The lowest BCUT2D eigenvalue weighted by Crippen LogP contribution is -2.30. The van der Waals surface area contributed by atoms with Gasteiger partial charge in [-0.25, -0.2) is 4.79 Å². The zero-order valence-electron chi connectivity index (χ0n) is 32.9. The fourth-order valence-corrected chi connectivity index (χ4v) is 5.37. The van der Waals surface area contributed by atoms with E-state index in [0.29, 0.717) is 32.6 Å². The van der Waals surface area contributed by atoms with Crippen LogP contribution in [-0.4, -0.2) is 75.0 Å². The van der Waals surface area contributed by atoms with Crippen molar-refractivity contribution in [2.24, 2.45) is 0 Å². The van der Waals surface area contributed by atoms with Crippen LogP contribution in [0, 0.1) is 0 Å². The number of hydrogen-bond donors (Lipinski definition) is 3. The predicted molar refractivity (Wildman–Crippen MR) is 212 cm³/mol. The van der Waals surface area contributed by atoms with Gasteiger partial charge in [-0.05, 0) is 24.0 Å². The van der Waals surface area contributed by atoms with Gasteiger partial charge in [-0.3, -0.25) is 14.4 Å². The molecule has 0 unspecified atom stereocenters. The zero-order valence-corrected chi connectivity index (χ0v) is 32.9. The highest BCUT2D eigenvalue weighted by molar-refractivity contribution is 5.81. The molecule has 0 aliphatic rings. The van der Waals surface area contributed by atoms with E-state index in [1.807, 2.05) is 36.4 Å². The highest BCUT2D eigenvalue weighted by atomic mass is 16.5. The maximum Gasteiger partial charge on any atom is 0.329 e. The second-order valence-electron chi connectivity index (χ2n) is 13.3. The van der Waals surface area contributed by atoms with E-state index in [4.69, 9.17) is 24.1 Å². The van der Waals surface area contributed by atoms with Gasteiger partial charge in [-0.2, -0.15) is 0 Å². The molecule has 0 aromatic heterocycles. The maximum atomic E-state index is 11.9. The molecule has 3 N–H and O–H groups in total. The molecule has 0 saturated carbocycles. The summed E-state index contributed by atoms with van der Waals surface area (Å²) in [6.45, 7) is 4.69. The topological polar surface area (TPSA) is 149 Å². The molecule has 0 heterocycles. The van der Waals surface area contributed by atoms with Crippen molar-refractivity contribution in [3.05, 3.63) is 71.8 Å². The molecule has 11 nitrogen and oxygen atoms in total. The molecule has 0 fully saturated rings. The van der Waals surface area contributed by atoms with Crippen LogP contribution in [0.2, 0.25) is 0 Å². The quantitative estimate of drug-likeness (QED) is 0.0488. The van der Waals surface area contributed by atoms with Crippen LogP contribution in [0.15, 0.2) is 60.7 Å². The number of unbranched alkanes of at least 4 members (excludes halogenated alkanes) is 14. The van der Waals surface area contributed by atoms with Crippen molar-refractivity contribution < 1.29 is 43.2 Å². The van der Waals surface area contributed by atoms with Gasteiger partial charge in [0.25, 0.3) is 0 Å². The minimum absolute atomic E-state index is 0.0132. The Labute approximate surface area is 324 Å². The Morgan fingerprint density at radius 1 is 0.537 bits per heavy atom. The number of nitrogens with one attached hydrogen (secondary N) is 2. The van der Waals surface area contributed by atoms with Crippen molar-refractivity contribution >= 4 is 23.8 Å². The lowest BCUT2D eigenvalue weighted by Gasteiger charge is -2.07. The van der Waals surface area contributed by atoms with Crippen molar-refractivity contribution in [1.29, 1.82) is 0 Å². The summed E-state index contributed by atoms with van der Waals surface area (Å²) in [5, 5.41) is 13.5. The number of esters is 1. The zero-order chi connectivity index (χ0) is 39.2. The maximum absolute atomic E-state index is 11.9. The molecular weight excluding hydrogens is 688 g/mol. The molecule has 11 heteroatoms. The van der Waals surface area contributed by atoms with E-state index >= 15 is 0 Å². The van der Waals surface area contributed by atoms with Crippen molar-refractivity contribution in [3.63, 3.8) is 0 Å². The Balaban J connectivity index is 0.000000817. The number of ether oxygens (including phenoxy) is 4. The van der Waals surface area contributed by atoms with Gasteiger partial charge < -0.3 is 34.7 Å². The molecule has 2 aromatic rings. The highest BCUT2D eigenvalue weighted by Gasteiger charge is 2.07. The van der Waals surface area contributed by atoms with E-state index in [1.165, 1.54) is 89.0 Å². The molecule has 304 valence electrons. The largest absolute Gasteiger partial charge is 0.480 e. The summed E-state index contributed by atoms with van der Waals surface area (Å²) in [5.74, 6) is -1.48. The third kappa shape index (κ3) is 32.8. The Bertz CT molecular complexity index is 1200. The average molecular weight is 757 g/mol. The van der Waals surface area contributed by atoms with Crippen molar-refractivity contribution in [2.45, 2.75) is 129 Å². The summed E-state index contributed by atoms with van der Waals surface area (Å²) < 4.78 is 20.7. The molecule has 0 atom stereocenters. The number of rotatable bonds is 33. The third-order valence-corrected chi connectivity index (χ3v) is 8.46. The molecule has 0 bridgehead atoms. The van der Waals surface area contributed by atoms with Gasteiger partial charge in [-0.15, -0.1) is 0 Å². The van der Waals surface area contributed by atoms with Crippen molar-refractivity contribution in [1.82, 2.24) is 10.6 Å². The van der Waals surface area contributed by atoms with Crippen LogP contribution in [0.5, 0.6) is 0 Å². The molecule has 0 aliphatic heterocycles. The Morgan fingerprint density at radius 3 is 1.57 bits per heavy atom. The smallest absolute Gasteiger partial charge is 0.329 e. The first-order valence-electron chi connectivity index (χ1n) is 20.1. The van der Waals surface area contributed by atoms with Crippen LogP contribution in [0.25, 0.3) is 0 Å². The van der Waals surface area contributed by atoms with E-state index in [9.17, 15) is 19.2 Å². The number of amides is 2.